The monoisotopic (exact) mass is 236 g/mol. The largest absolute Gasteiger partial charge is 0.324 e. The van der Waals surface area contributed by atoms with Crippen LogP contribution in [0.5, 0.6) is 0 Å². The van der Waals surface area contributed by atoms with E-state index < -0.39 is 5.91 Å². The molecule has 0 atom stereocenters. The minimum atomic E-state index is -0.713. The van der Waals surface area contributed by atoms with Crippen LogP contribution in [0.4, 0.5) is 11.4 Å². The van der Waals surface area contributed by atoms with E-state index in [1.807, 2.05) is 0 Å². The Balaban J connectivity index is 2.24. The Hall–Kier alpha value is -1.82. The summed E-state index contributed by atoms with van der Waals surface area (Å²) in [4.78, 5) is 33.1. The van der Waals surface area contributed by atoms with Crippen molar-refractivity contribution in [2.45, 2.75) is 4.90 Å². The molecular weight excluding hydrogens is 228 g/mol. The minimum absolute atomic E-state index is 0.0728. The number of thioether (sulfide) groups is 1. The van der Waals surface area contributed by atoms with Gasteiger partial charge in [-0.15, -0.1) is 11.8 Å². The molecule has 5 nitrogen and oxygen atoms in total. The third kappa shape index (κ3) is 2.22. The first-order valence-electron chi connectivity index (χ1n) is 4.52. The molecule has 0 spiro atoms. The first-order chi connectivity index (χ1) is 7.69. The zero-order valence-corrected chi connectivity index (χ0v) is 8.97. The molecule has 0 saturated heterocycles. The molecule has 82 valence electrons. The van der Waals surface area contributed by atoms with Gasteiger partial charge < -0.3 is 10.6 Å². The second-order valence-electron chi connectivity index (χ2n) is 3.15. The number of nitrogens with one attached hydrogen (secondary N) is 2. The summed E-state index contributed by atoms with van der Waals surface area (Å²) < 4.78 is 0. The lowest BCUT2D eigenvalue weighted by molar-refractivity contribution is -0.127. The highest BCUT2D eigenvalue weighted by molar-refractivity contribution is 8.00. The molecule has 0 bridgehead atoms. The Morgan fingerprint density at radius 1 is 1.50 bits per heavy atom. The average Bonchev–Trinajstić information content (AvgIpc) is 2.28. The van der Waals surface area contributed by atoms with Gasteiger partial charge in [-0.3, -0.25) is 14.4 Å². The number of hydrogen-bond donors (Lipinski definition) is 2. The van der Waals surface area contributed by atoms with Crippen molar-refractivity contribution in [2.24, 2.45) is 0 Å². The van der Waals surface area contributed by atoms with Crippen LogP contribution in [0.25, 0.3) is 0 Å². The number of anilines is 2. The number of fused-ring (bicyclic) bond motifs is 1. The van der Waals surface area contributed by atoms with E-state index >= 15 is 0 Å². The maximum Gasteiger partial charge on any atom is 0.288 e. The van der Waals surface area contributed by atoms with E-state index in [0.29, 0.717) is 17.1 Å². The Bertz CT molecular complexity index is 473. The highest BCUT2D eigenvalue weighted by Gasteiger charge is 2.15. The van der Waals surface area contributed by atoms with Crippen LogP contribution in [0.15, 0.2) is 23.1 Å². The van der Waals surface area contributed by atoms with Crippen molar-refractivity contribution < 1.29 is 14.4 Å². The molecule has 16 heavy (non-hydrogen) atoms. The van der Waals surface area contributed by atoms with Gasteiger partial charge in [0.1, 0.15) is 0 Å². The number of amides is 2. The zero-order chi connectivity index (χ0) is 11.5. The van der Waals surface area contributed by atoms with E-state index in [-0.39, 0.29) is 12.2 Å². The molecule has 2 rings (SSSR count). The summed E-state index contributed by atoms with van der Waals surface area (Å²) in [5.41, 5.74) is 1.14. The van der Waals surface area contributed by atoms with Gasteiger partial charge in [-0.05, 0) is 18.2 Å². The van der Waals surface area contributed by atoms with E-state index in [0.717, 1.165) is 4.90 Å². The molecule has 2 N–H and O–H groups in total. The van der Waals surface area contributed by atoms with Crippen LogP contribution in [-0.4, -0.2) is 23.9 Å². The molecule has 2 amide bonds. The first kappa shape index (κ1) is 10.7. The van der Waals surface area contributed by atoms with Gasteiger partial charge in [0.25, 0.3) is 5.91 Å². The summed E-state index contributed by atoms with van der Waals surface area (Å²) in [7, 11) is 0. The third-order valence-electron chi connectivity index (χ3n) is 1.99. The lowest BCUT2D eigenvalue weighted by Gasteiger charge is -2.16. The van der Waals surface area contributed by atoms with Crippen molar-refractivity contribution in [1.29, 1.82) is 0 Å². The predicted octanol–water partition coefficient (Wildman–Crippen LogP) is 0.868. The number of rotatable bonds is 2. The fourth-order valence-electron chi connectivity index (χ4n) is 1.33. The number of benzene rings is 1. The molecule has 1 heterocycles. The summed E-state index contributed by atoms with van der Waals surface area (Å²) in [6.45, 7) is 0. The third-order valence-corrected chi connectivity index (χ3v) is 3.06. The van der Waals surface area contributed by atoms with Crippen LogP contribution in [0.1, 0.15) is 0 Å². The second-order valence-corrected chi connectivity index (χ2v) is 4.17. The van der Waals surface area contributed by atoms with Crippen molar-refractivity contribution in [3.63, 3.8) is 0 Å². The van der Waals surface area contributed by atoms with Crippen LogP contribution in [-0.2, 0) is 14.4 Å². The van der Waals surface area contributed by atoms with E-state index in [1.165, 1.54) is 11.8 Å². The standard InChI is InChI=1S/C10H8N2O3S/c13-4-9(14)11-6-1-2-8-7(3-6)12-10(15)5-16-8/h1-4H,5H2,(H,11,14)(H,12,15). The summed E-state index contributed by atoms with van der Waals surface area (Å²) in [6, 6.07) is 5.10. The van der Waals surface area contributed by atoms with Gasteiger partial charge >= 0.3 is 0 Å². The summed E-state index contributed by atoms with van der Waals surface area (Å²) in [6.07, 6.45) is 0.201. The predicted molar refractivity (Wildman–Crippen MR) is 60.5 cm³/mol. The van der Waals surface area contributed by atoms with E-state index in [1.54, 1.807) is 18.2 Å². The number of hydrogen-bond acceptors (Lipinski definition) is 4. The summed E-state index contributed by atoms with van der Waals surface area (Å²) >= 11 is 1.44. The molecule has 6 heteroatoms. The SMILES string of the molecule is O=CC(=O)Nc1ccc2c(c1)NC(=O)CS2. The molecule has 1 aromatic rings. The Kier molecular flexibility index (Phi) is 2.91. The summed E-state index contributed by atoms with van der Waals surface area (Å²) in [5.74, 6) is -0.390. The number of aldehydes is 1. The lowest BCUT2D eigenvalue weighted by atomic mass is 10.2. The Morgan fingerprint density at radius 2 is 2.31 bits per heavy atom. The topological polar surface area (TPSA) is 75.3 Å². The average molecular weight is 236 g/mol. The molecule has 0 aromatic heterocycles. The van der Waals surface area contributed by atoms with Crippen LogP contribution in [0, 0.1) is 0 Å². The smallest absolute Gasteiger partial charge is 0.288 e. The van der Waals surface area contributed by atoms with Crippen molar-refractivity contribution in [3.05, 3.63) is 18.2 Å². The second kappa shape index (κ2) is 4.36. The molecule has 0 radical (unpaired) electrons. The van der Waals surface area contributed by atoms with Gasteiger partial charge in [-0.1, -0.05) is 0 Å². The van der Waals surface area contributed by atoms with Gasteiger partial charge in [0, 0.05) is 10.6 Å². The molecule has 1 aliphatic rings. The highest BCUT2D eigenvalue weighted by Crippen LogP contribution is 2.33. The van der Waals surface area contributed by atoms with Crippen LogP contribution in [0.3, 0.4) is 0 Å². The van der Waals surface area contributed by atoms with E-state index in [9.17, 15) is 14.4 Å². The fraction of sp³-hybridized carbons (Fsp3) is 0.100. The molecular formula is C10H8N2O3S. The summed E-state index contributed by atoms with van der Waals surface area (Å²) in [5, 5.41) is 5.08. The van der Waals surface area contributed by atoms with Crippen LogP contribution < -0.4 is 10.6 Å². The molecule has 0 unspecified atom stereocenters. The number of carbonyl (C=O) groups excluding carboxylic acids is 3. The first-order valence-corrected chi connectivity index (χ1v) is 5.50. The van der Waals surface area contributed by atoms with Crippen molar-refractivity contribution >= 4 is 41.2 Å². The number of carbonyl (C=O) groups is 3. The molecule has 0 saturated carbocycles. The van der Waals surface area contributed by atoms with Gasteiger partial charge in [-0.2, -0.15) is 0 Å². The highest BCUT2D eigenvalue weighted by atomic mass is 32.2. The van der Waals surface area contributed by atoms with Gasteiger partial charge in [-0.25, -0.2) is 0 Å². The van der Waals surface area contributed by atoms with Gasteiger partial charge in [0.2, 0.25) is 12.2 Å². The van der Waals surface area contributed by atoms with Crippen LogP contribution in [0.2, 0.25) is 0 Å². The maximum absolute atomic E-state index is 11.1. The Morgan fingerprint density at radius 3 is 3.06 bits per heavy atom. The van der Waals surface area contributed by atoms with Gasteiger partial charge in [0.15, 0.2) is 0 Å². The van der Waals surface area contributed by atoms with Crippen molar-refractivity contribution in [3.8, 4) is 0 Å². The normalized spacial score (nSPS) is 13.6. The van der Waals surface area contributed by atoms with Crippen LogP contribution >= 0.6 is 11.8 Å². The molecule has 0 aliphatic carbocycles. The fourth-order valence-corrected chi connectivity index (χ4v) is 2.12. The zero-order valence-electron chi connectivity index (χ0n) is 8.15. The lowest BCUT2D eigenvalue weighted by Crippen LogP contribution is -2.19. The van der Waals surface area contributed by atoms with E-state index in [2.05, 4.69) is 10.6 Å². The molecule has 0 fully saturated rings. The molecule has 1 aliphatic heterocycles. The quantitative estimate of drug-likeness (QED) is 0.590. The van der Waals surface area contributed by atoms with Crippen molar-refractivity contribution in [2.75, 3.05) is 16.4 Å². The Labute approximate surface area is 95.6 Å². The van der Waals surface area contributed by atoms with Gasteiger partial charge in [0.05, 0.1) is 11.4 Å². The van der Waals surface area contributed by atoms with Crippen molar-refractivity contribution in [1.82, 2.24) is 0 Å². The molecule has 1 aromatic carbocycles. The van der Waals surface area contributed by atoms with E-state index in [4.69, 9.17) is 0 Å². The maximum atomic E-state index is 11.1. The minimum Gasteiger partial charge on any atom is -0.324 e.